The molecule has 1 aliphatic rings. The number of nitrogens with zero attached hydrogens (tertiary/aromatic N) is 2. The van der Waals surface area contributed by atoms with Crippen LogP contribution in [0.5, 0.6) is 0 Å². The molecule has 1 saturated heterocycles. The number of nitrogens with one attached hydrogen (secondary N) is 1. The number of halogens is 1. The van der Waals surface area contributed by atoms with Gasteiger partial charge in [0.05, 0.1) is 23.8 Å². The van der Waals surface area contributed by atoms with Gasteiger partial charge in [0.25, 0.3) is 10.0 Å². The van der Waals surface area contributed by atoms with E-state index in [2.05, 4.69) is 10.2 Å². The topological polar surface area (TPSA) is 79.0 Å². The van der Waals surface area contributed by atoms with Crippen molar-refractivity contribution in [2.45, 2.75) is 18.4 Å². The van der Waals surface area contributed by atoms with Crippen molar-refractivity contribution in [3.8, 4) is 0 Å². The van der Waals surface area contributed by atoms with Crippen LogP contribution in [0.4, 0.5) is 11.4 Å². The average molecular weight is 514 g/mol. The highest BCUT2D eigenvalue weighted by molar-refractivity contribution is 7.92. The molecule has 3 aromatic rings. The highest BCUT2D eigenvalue weighted by atomic mass is 35.5. The standard InChI is InChI=1S/C26H28ClN3O4S/c1-20-24(27)8-5-9-25(20)30(35(32,33)23-6-3-2-4-7-23)19-26(31)28-18-21-10-12-22(13-11-21)29-14-16-34-17-15-29/h2-13H,14-19H2,1H3,(H,28,31). The molecule has 0 radical (unpaired) electrons. The molecule has 9 heteroatoms. The fraction of sp³-hybridized carbons (Fsp3) is 0.269. The van der Waals surface area contributed by atoms with Gasteiger partial charge in [0.2, 0.25) is 5.91 Å². The number of sulfonamides is 1. The van der Waals surface area contributed by atoms with E-state index in [0.717, 1.165) is 28.6 Å². The average Bonchev–Trinajstić information content (AvgIpc) is 2.89. The van der Waals surface area contributed by atoms with Crippen LogP contribution in [0.2, 0.25) is 5.02 Å². The Hall–Kier alpha value is -3.07. The van der Waals surface area contributed by atoms with Gasteiger partial charge in [-0.15, -0.1) is 0 Å². The number of carbonyl (C=O) groups is 1. The van der Waals surface area contributed by atoms with Crippen LogP contribution in [0.1, 0.15) is 11.1 Å². The van der Waals surface area contributed by atoms with Gasteiger partial charge in [-0.25, -0.2) is 8.42 Å². The molecule has 0 aromatic heterocycles. The molecule has 184 valence electrons. The van der Waals surface area contributed by atoms with Gasteiger partial charge in [-0.3, -0.25) is 9.10 Å². The monoisotopic (exact) mass is 513 g/mol. The number of morpholine rings is 1. The minimum atomic E-state index is -3.99. The Balaban J connectivity index is 1.49. The van der Waals surface area contributed by atoms with Crippen LogP contribution in [0.25, 0.3) is 0 Å². The molecule has 1 heterocycles. The summed E-state index contributed by atoms with van der Waals surface area (Å²) < 4.78 is 33.5. The number of carbonyl (C=O) groups excluding carboxylic acids is 1. The van der Waals surface area contributed by atoms with Crippen molar-refractivity contribution in [3.63, 3.8) is 0 Å². The molecule has 1 amide bonds. The van der Waals surface area contributed by atoms with Crippen LogP contribution >= 0.6 is 11.6 Å². The molecule has 4 rings (SSSR count). The molecule has 0 spiro atoms. The minimum absolute atomic E-state index is 0.103. The lowest BCUT2D eigenvalue weighted by Crippen LogP contribution is -2.41. The second-order valence-corrected chi connectivity index (χ2v) is 10.5. The summed E-state index contributed by atoms with van der Waals surface area (Å²) in [7, 11) is -3.99. The zero-order valence-electron chi connectivity index (χ0n) is 19.5. The van der Waals surface area contributed by atoms with Gasteiger partial charge in [0, 0.05) is 30.3 Å². The summed E-state index contributed by atoms with van der Waals surface area (Å²) in [5, 5.41) is 3.27. The third-order valence-electron chi connectivity index (χ3n) is 5.93. The first-order valence-electron chi connectivity index (χ1n) is 11.4. The van der Waals surface area contributed by atoms with Crippen molar-refractivity contribution in [1.82, 2.24) is 5.32 Å². The van der Waals surface area contributed by atoms with E-state index in [9.17, 15) is 13.2 Å². The molecule has 3 aromatic carbocycles. The molecule has 1 fully saturated rings. The summed E-state index contributed by atoms with van der Waals surface area (Å²) in [6.45, 7) is 4.79. The third kappa shape index (κ3) is 5.96. The van der Waals surface area contributed by atoms with E-state index in [1.54, 1.807) is 43.3 Å². The number of amides is 1. The molecule has 0 aliphatic carbocycles. The van der Waals surface area contributed by atoms with E-state index < -0.39 is 15.9 Å². The molecule has 1 N–H and O–H groups in total. The van der Waals surface area contributed by atoms with Gasteiger partial charge in [-0.1, -0.05) is 48.0 Å². The predicted molar refractivity (Wildman–Crippen MR) is 138 cm³/mol. The molecule has 35 heavy (non-hydrogen) atoms. The van der Waals surface area contributed by atoms with E-state index in [0.29, 0.717) is 29.5 Å². The maximum atomic E-state index is 13.5. The van der Waals surface area contributed by atoms with E-state index in [4.69, 9.17) is 16.3 Å². The van der Waals surface area contributed by atoms with E-state index in [1.165, 1.54) is 12.1 Å². The molecular weight excluding hydrogens is 486 g/mol. The Morgan fingerprint density at radius 3 is 2.37 bits per heavy atom. The smallest absolute Gasteiger partial charge is 0.264 e. The van der Waals surface area contributed by atoms with Crippen LogP contribution in [0.3, 0.4) is 0 Å². The van der Waals surface area contributed by atoms with E-state index in [1.807, 2.05) is 24.3 Å². The Labute approximate surface area is 211 Å². The first-order valence-corrected chi connectivity index (χ1v) is 13.2. The van der Waals surface area contributed by atoms with Gasteiger partial charge in [-0.2, -0.15) is 0 Å². The maximum Gasteiger partial charge on any atom is 0.264 e. The number of hydrogen-bond acceptors (Lipinski definition) is 5. The van der Waals surface area contributed by atoms with Crippen LogP contribution in [-0.4, -0.2) is 47.2 Å². The lowest BCUT2D eigenvalue weighted by Gasteiger charge is -2.29. The zero-order chi connectivity index (χ0) is 24.8. The van der Waals surface area contributed by atoms with Gasteiger partial charge >= 0.3 is 0 Å². The summed E-state index contributed by atoms with van der Waals surface area (Å²) in [6.07, 6.45) is 0. The second kappa shape index (κ2) is 11.1. The fourth-order valence-corrected chi connectivity index (χ4v) is 5.59. The minimum Gasteiger partial charge on any atom is -0.378 e. The molecule has 0 saturated carbocycles. The molecule has 1 aliphatic heterocycles. The van der Waals surface area contributed by atoms with Gasteiger partial charge < -0.3 is 15.0 Å². The van der Waals surface area contributed by atoms with Crippen molar-refractivity contribution in [1.29, 1.82) is 0 Å². The number of ether oxygens (including phenoxy) is 1. The Morgan fingerprint density at radius 1 is 1.00 bits per heavy atom. The van der Waals surface area contributed by atoms with Crippen molar-refractivity contribution < 1.29 is 17.9 Å². The van der Waals surface area contributed by atoms with Gasteiger partial charge in [0.1, 0.15) is 6.54 Å². The normalized spacial score (nSPS) is 13.9. The van der Waals surface area contributed by atoms with Crippen LogP contribution in [0.15, 0.2) is 77.7 Å². The summed E-state index contributed by atoms with van der Waals surface area (Å²) in [5.74, 6) is -0.416. The van der Waals surface area contributed by atoms with E-state index in [-0.39, 0.29) is 18.0 Å². The van der Waals surface area contributed by atoms with Crippen molar-refractivity contribution >= 4 is 38.9 Å². The Bertz CT molecular complexity index is 1260. The largest absolute Gasteiger partial charge is 0.378 e. The van der Waals surface area contributed by atoms with Crippen LogP contribution in [0, 0.1) is 6.92 Å². The zero-order valence-corrected chi connectivity index (χ0v) is 21.1. The number of benzene rings is 3. The number of rotatable bonds is 8. The fourth-order valence-electron chi connectivity index (χ4n) is 3.92. The highest BCUT2D eigenvalue weighted by Gasteiger charge is 2.28. The molecule has 0 unspecified atom stereocenters. The van der Waals surface area contributed by atoms with Gasteiger partial charge in [-0.05, 0) is 54.4 Å². The lowest BCUT2D eigenvalue weighted by atomic mass is 10.2. The quantitative estimate of drug-likeness (QED) is 0.492. The predicted octanol–water partition coefficient (Wildman–Crippen LogP) is 4.00. The van der Waals surface area contributed by atoms with Gasteiger partial charge in [0.15, 0.2) is 0 Å². The first-order chi connectivity index (χ1) is 16.9. The summed E-state index contributed by atoms with van der Waals surface area (Å²) >= 11 is 6.27. The van der Waals surface area contributed by atoms with Crippen molar-refractivity contribution in [3.05, 3.63) is 88.9 Å². The summed E-state index contributed by atoms with van der Waals surface area (Å²) in [4.78, 5) is 15.3. The lowest BCUT2D eigenvalue weighted by molar-refractivity contribution is -0.119. The third-order valence-corrected chi connectivity index (χ3v) is 8.11. The maximum absolute atomic E-state index is 13.5. The SMILES string of the molecule is Cc1c(Cl)cccc1N(CC(=O)NCc1ccc(N2CCOCC2)cc1)S(=O)(=O)c1ccccc1. The van der Waals surface area contributed by atoms with Crippen LogP contribution in [-0.2, 0) is 26.1 Å². The number of hydrogen-bond donors (Lipinski definition) is 1. The first kappa shape index (κ1) is 25.0. The molecule has 7 nitrogen and oxygen atoms in total. The molecule has 0 bridgehead atoms. The molecular formula is C26H28ClN3O4S. The Morgan fingerprint density at radius 2 is 1.69 bits per heavy atom. The van der Waals surface area contributed by atoms with Crippen LogP contribution < -0.4 is 14.5 Å². The highest BCUT2D eigenvalue weighted by Crippen LogP contribution is 2.30. The molecule has 0 atom stereocenters. The summed E-state index contributed by atoms with van der Waals surface area (Å²) in [5.41, 5.74) is 2.98. The Kier molecular flexibility index (Phi) is 7.95. The van der Waals surface area contributed by atoms with Crippen molar-refractivity contribution in [2.75, 3.05) is 42.1 Å². The second-order valence-electron chi connectivity index (χ2n) is 8.25. The van der Waals surface area contributed by atoms with E-state index >= 15 is 0 Å². The van der Waals surface area contributed by atoms with Crippen molar-refractivity contribution in [2.24, 2.45) is 0 Å². The number of anilines is 2. The summed E-state index contributed by atoms with van der Waals surface area (Å²) in [6, 6.07) is 21.0.